The van der Waals surface area contributed by atoms with Crippen molar-refractivity contribution in [3.05, 3.63) is 29.3 Å². The number of rotatable bonds is 1. The lowest BCUT2D eigenvalue weighted by molar-refractivity contribution is 0.892. The molecule has 2 N–H and O–H groups in total. The second kappa shape index (κ2) is 4.14. The van der Waals surface area contributed by atoms with E-state index in [4.69, 9.17) is 5.73 Å². The number of thioether (sulfide) groups is 1. The number of anilines is 1. The quantitative estimate of drug-likeness (QED) is 0.582. The molecule has 3 nitrogen and oxygen atoms in total. The molecule has 0 radical (unpaired) electrons. The summed E-state index contributed by atoms with van der Waals surface area (Å²) in [5, 5.41) is 6.98. The fourth-order valence-corrected chi connectivity index (χ4v) is 2.04. The molecule has 0 saturated carbocycles. The maximum Gasteiger partial charge on any atom is 0.178 e. The standard InChI is InChI=1S/C11H15N3S/c1-8-4-3-5-10-9(8)6-7-14(10)13-11(12)15-2/h3-5H,6-7H2,1-2H3,(H2,12,13). The average Bonchev–Trinajstić information content (AvgIpc) is 2.63. The van der Waals surface area contributed by atoms with Crippen molar-refractivity contribution >= 4 is 22.6 Å². The van der Waals surface area contributed by atoms with Gasteiger partial charge in [-0.25, -0.2) is 0 Å². The van der Waals surface area contributed by atoms with Crippen molar-refractivity contribution in [3.63, 3.8) is 0 Å². The summed E-state index contributed by atoms with van der Waals surface area (Å²) < 4.78 is 0. The molecule has 1 aliphatic rings. The van der Waals surface area contributed by atoms with Crippen molar-refractivity contribution < 1.29 is 0 Å². The zero-order valence-corrected chi connectivity index (χ0v) is 9.84. The van der Waals surface area contributed by atoms with Gasteiger partial charge >= 0.3 is 0 Å². The monoisotopic (exact) mass is 221 g/mol. The van der Waals surface area contributed by atoms with E-state index in [0.29, 0.717) is 5.17 Å². The van der Waals surface area contributed by atoms with Crippen LogP contribution in [0.15, 0.2) is 23.3 Å². The van der Waals surface area contributed by atoms with Crippen LogP contribution in [-0.2, 0) is 6.42 Å². The van der Waals surface area contributed by atoms with Gasteiger partial charge in [0.2, 0.25) is 0 Å². The molecule has 0 aliphatic carbocycles. The van der Waals surface area contributed by atoms with Gasteiger partial charge < -0.3 is 5.73 Å². The summed E-state index contributed by atoms with van der Waals surface area (Å²) in [5.41, 5.74) is 9.66. The van der Waals surface area contributed by atoms with Crippen molar-refractivity contribution in [2.75, 3.05) is 17.8 Å². The maximum absolute atomic E-state index is 5.72. The SMILES string of the molecule is CSC(N)=NN1CCc2c(C)cccc21. The fourth-order valence-electron chi connectivity index (χ4n) is 1.86. The molecule has 0 bridgehead atoms. The van der Waals surface area contributed by atoms with E-state index < -0.39 is 0 Å². The largest absolute Gasteiger partial charge is 0.377 e. The number of amidine groups is 1. The van der Waals surface area contributed by atoms with Gasteiger partial charge in [0.25, 0.3) is 0 Å². The minimum Gasteiger partial charge on any atom is -0.377 e. The Morgan fingerprint density at radius 2 is 2.33 bits per heavy atom. The highest BCUT2D eigenvalue weighted by molar-refractivity contribution is 8.13. The van der Waals surface area contributed by atoms with Crippen molar-refractivity contribution in [3.8, 4) is 0 Å². The Morgan fingerprint density at radius 3 is 3.07 bits per heavy atom. The van der Waals surface area contributed by atoms with E-state index in [1.807, 2.05) is 11.3 Å². The van der Waals surface area contributed by atoms with Crippen LogP contribution in [0.2, 0.25) is 0 Å². The van der Waals surface area contributed by atoms with Gasteiger partial charge in [0.1, 0.15) is 0 Å². The van der Waals surface area contributed by atoms with Crippen LogP contribution >= 0.6 is 11.8 Å². The molecule has 0 amide bonds. The van der Waals surface area contributed by atoms with Gasteiger partial charge in [0.15, 0.2) is 5.17 Å². The molecule has 1 aromatic rings. The summed E-state index contributed by atoms with van der Waals surface area (Å²) >= 11 is 1.48. The molecule has 15 heavy (non-hydrogen) atoms. The normalized spacial score (nSPS) is 15.6. The van der Waals surface area contributed by atoms with Crippen LogP contribution in [-0.4, -0.2) is 18.0 Å². The number of nitrogens with two attached hydrogens (primary N) is 1. The van der Waals surface area contributed by atoms with Gasteiger partial charge in [-0.3, -0.25) is 5.01 Å². The Labute approximate surface area is 94.3 Å². The van der Waals surface area contributed by atoms with E-state index >= 15 is 0 Å². The lowest BCUT2D eigenvalue weighted by Gasteiger charge is -2.13. The molecule has 0 spiro atoms. The minimum atomic E-state index is 0.615. The number of benzene rings is 1. The van der Waals surface area contributed by atoms with Gasteiger partial charge in [-0.1, -0.05) is 23.9 Å². The highest BCUT2D eigenvalue weighted by Crippen LogP contribution is 2.30. The van der Waals surface area contributed by atoms with Gasteiger partial charge in [-0.15, -0.1) is 5.10 Å². The molecule has 1 aliphatic heterocycles. The summed E-state index contributed by atoms with van der Waals surface area (Å²) in [6, 6.07) is 6.31. The highest BCUT2D eigenvalue weighted by Gasteiger charge is 2.19. The number of hydrogen-bond acceptors (Lipinski definition) is 3. The topological polar surface area (TPSA) is 41.6 Å². The number of aryl methyl sites for hydroxylation is 1. The summed E-state index contributed by atoms with van der Waals surface area (Å²) in [4.78, 5) is 0. The Morgan fingerprint density at radius 1 is 1.53 bits per heavy atom. The van der Waals surface area contributed by atoms with Crippen molar-refractivity contribution in [2.24, 2.45) is 10.8 Å². The maximum atomic E-state index is 5.72. The predicted molar refractivity (Wildman–Crippen MR) is 67.4 cm³/mol. The molecule has 0 atom stereocenters. The molecule has 1 aromatic carbocycles. The Hall–Kier alpha value is -1.16. The smallest absolute Gasteiger partial charge is 0.178 e. The van der Waals surface area contributed by atoms with Crippen LogP contribution < -0.4 is 10.7 Å². The summed E-state index contributed by atoms with van der Waals surface area (Å²) in [7, 11) is 0. The Balaban J connectivity index is 2.33. The highest BCUT2D eigenvalue weighted by atomic mass is 32.2. The molecule has 0 aromatic heterocycles. The zero-order valence-electron chi connectivity index (χ0n) is 9.03. The number of hydrazone groups is 1. The van der Waals surface area contributed by atoms with Crippen LogP contribution in [0.5, 0.6) is 0 Å². The van der Waals surface area contributed by atoms with E-state index in [9.17, 15) is 0 Å². The van der Waals surface area contributed by atoms with Gasteiger partial charge in [-0.2, -0.15) is 0 Å². The molecular weight excluding hydrogens is 206 g/mol. The molecule has 80 valence electrons. The van der Waals surface area contributed by atoms with Crippen LogP contribution in [0, 0.1) is 6.92 Å². The summed E-state index contributed by atoms with van der Waals surface area (Å²) in [5.74, 6) is 0. The first-order valence-corrected chi connectivity index (χ1v) is 6.19. The van der Waals surface area contributed by atoms with E-state index in [-0.39, 0.29) is 0 Å². The second-order valence-corrected chi connectivity index (χ2v) is 4.41. The molecule has 0 unspecified atom stereocenters. The number of fused-ring (bicyclic) bond motifs is 1. The molecule has 0 fully saturated rings. The van der Waals surface area contributed by atoms with Gasteiger partial charge in [0, 0.05) is 6.54 Å². The number of hydrogen-bond donors (Lipinski definition) is 1. The molecular formula is C11H15N3S. The van der Waals surface area contributed by atoms with Crippen molar-refractivity contribution in [1.29, 1.82) is 0 Å². The van der Waals surface area contributed by atoms with Crippen LogP contribution in [0.3, 0.4) is 0 Å². The van der Waals surface area contributed by atoms with E-state index in [1.165, 1.54) is 28.6 Å². The van der Waals surface area contributed by atoms with E-state index in [2.05, 4.69) is 30.2 Å². The number of nitrogens with zero attached hydrogens (tertiary/aromatic N) is 2. The average molecular weight is 221 g/mol. The Bertz CT molecular complexity index is 401. The van der Waals surface area contributed by atoms with Crippen LogP contribution in [0.1, 0.15) is 11.1 Å². The fraction of sp³-hybridized carbons (Fsp3) is 0.364. The van der Waals surface area contributed by atoms with Crippen LogP contribution in [0.4, 0.5) is 5.69 Å². The molecule has 0 saturated heterocycles. The molecule has 1 heterocycles. The third-order valence-electron chi connectivity index (χ3n) is 2.67. The van der Waals surface area contributed by atoms with E-state index in [1.54, 1.807) is 0 Å². The second-order valence-electron chi connectivity index (χ2n) is 3.59. The third-order valence-corrected chi connectivity index (χ3v) is 3.17. The minimum absolute atomic E-state index is 0.615. The third kappa shape index (κ3) is 1.95. The predicted octanol–water partition coefficient (Wildman–Crippen LogP) is 1.95. The first kappa shape index (κ1) is 10.4. The van der Waals surface area contributed by atoms with Crippen molar-refractivity contribution in [1.82, 2.24) is 0 Å². The lowest BCUT2D eigenvalue weighted by Crippen LogP contribution is -2.18. The first-order chi connectivity index (χ1) is 7.22. The summed E-state index contributed by atoms with van der Waals surface area (Å²) in [6.45, 7) is 3.07. The lowest BCUT2D eigenvalue weighted by atomic mass is 10.1. The van der Waals surface area contributed by atoms with E-state index in [0.717, 1.165) is 13.0 Å². The first-order valence-electron chi connectivity index (χ1n) is 4.96. The van der Waals surface area contributed by atoms with Crippen molar-refractivity contribution in [2.45, 2.75) is 13.3 Å². The van der Waals surface area contributed by atoms with Gasteiger partial charge in [-0.05, 0) is 36.8 Å². The Kier molecular flexibility index (Phi) is 2.86. The zero-order chi connectivity index (χ0) is 10.8. The molecule has 2 rings (SSSR count). The van der Waals surface area contributed by atoms with Crippen LogP contribution in [0.25, 0.3) is 0 Å². The van der Waals surface area contributed by atoms with Gasteiger partial charge in [0.05, 0.1) is 5.69 Å². The molecule has 4 heteroatoms. The summed E-state index contributed by atoms with van der Waals surface area (Å²) in [6.07, 6.45) is 3.00.